The molecule has 4 rings (SSSR count). The number of aliphatic hydroxyl groups is 1. The van der Waals surface area contributed by atoms with E-state index in [0.29, 0.717) is 17.0 Å². The first kappa shape index (κ1) is 13.6. The normalized spacial score (nSPS) is 18.2. The molecule has 2 aliphatic carbocycles. The van der Waals surface area contributed by atoms with Crippen molar-refractivity contribution in [3.05, 3.63) is 34.6 Å². The van der Waals surface area contributed by atoms with Gasteiger partial charge < -0.3 is 9.67 Å². The molecule has 2 fully saturated rings. The van der Waals surface area contributed by atoms with Crippen molar-refractivity contribution in [3.8, 4) is 0 Å². The van der Waals surface area contributed by atoms with Gasteiger partial charge >= 0.3 is 0 Å². The molecular weight excluding hydrogens is 306 g/mol. The van der Waals surface area contributed by atoms with E-state index in [0.717, 1.165) is 21.4 Å². The van der Waals surface area contributed by atoms with Gasteiger partial charge in [0.05, 0.1) is 6.61 Å². The Bertz CT molecular complexity index is 680. The van der Waals surface area contributed by atoms with Crippen LogP contribution in [0.3, 0.4) is 0 Å². The van der Waals surface area contributed by atoms with Gasteiger partial charge in [0.15, 0.2) is 5.16 Å². The second-order valence-corrected chi connectivity index (χ2v) is 7.11. The first-order valence-corrected chi connectivity index (χ1v) is 8.48. The van der Waals surface area contributed by atoms with E-state index in [-0.39, 0.29) is 6.61 Å². The molecule has 21 heavy (non-hydrogen) atoms. The molecule has 2 aliphatic rings. The SMILES string of the molecule is OCc1c(Cl)cccc1Sc1nnc(C2CC2)n1C1CC1. The fourth-order valence-corrected chi connectivity index (χ4v) is 3.89. The Hall–Kier alpha value is -1.04. The van der Waals surface area contributed by atoms with Crippen LogP contribution in [-0.4, -0.2) is 19.9 Å². The minimum atomic E-state index is -0.0605. The summed E-state index contributed by atoms with van der Waals surface area (Å²) in [6, 6.07) is 6.25. The predicted molar refractivity (Wildman–Crippen MR) is 81.8 cm³/mol. The Balaban J connectivity index is 1.70. The average molecular weight is 322 g/mol. The van der Waals surface area contributed by atoms with Gasteiger partial charge in [-0.2, -0.15) is 0 Å². The smallest absolute Gasteiger partial charge is 0.196 e. The predicted octanol–water partition coefficient (Wildman–Crippen LogP) is 3.79. The minimum absolute atomic E-state index is 0.0605. The van der Waals surface area contributed by atoms with Crippen LogP contribution in [0.15, 0.2) is 28.3 Å². The summed E-state index contributed by atoms with van der Waals surface area (Å²) in [5.41, 5.74) is 0.766. The van der Waals surface area contributed by atoms with E-state index >= 15 is 0 Å². The highest BCUT2D eigenvalue weighted by Crippen LogP contribution is 2.47. The van der Waals surface area contributed by atoms with Gasteiger partial charge in [-0.25, -0.2) is 0 Å². The number of aliphatic hydroxyl groups excluding tert-OH is 1. The summed E-state index contributed by atoms with van der Waals surface area (Å²) in [6.45, 7) is -0.0605. The summed E-state index contributed by atoms with van der Waals surface area (Å²) in [6.07, 6.45) is 4.89. The topological polar surface area (TPSA) is 50.9 Å². The fraction of sp³-hybridized carbons (Fsp3) is 0.467. The Kier molecular flexibility index (Phi) is 3.44. The van der Waals surface area contributed by atoms with E-state index < -0.39 is 0 Å². The highest BCUT2D eigenvalue weighted by molar-refractivity contribution is 7.99. The summed E-state index contributed by atoms with van der Waals surface area (Å²) in [5, 5.41) is 19.9. The first-order valence-electron chi connectivity index (χ1n) is 7.29. The number of hydrogen-bond acceptors (Lipinski definition) is 4. The van der Waals surface area contributed by atoms with Crippen molar-refractivity contribution in [2.75, 3.05) is 0 Å². The molecule has 0 spiro atoms. The summed E-state index contributed by atoms with van der Waals surface area (Å²) >= 11 is 7.72. The van der Waals surface area contributed by atoms with Gasteiger partial charge in [0, 0.05) is 27.4 Å². The lowest BCUT2D eigenvalue weighted by molar-refractivity contribution is 0.279. The Morgan fingerprint density at radius 1 is 1.24 bits per heavy atom. The highest BCUT2D eigenvalue weighted by atomic mass is 35.5. The lowest BCUT2D eigenvalue weighted by atomic mass is 10.2. The van der Waals surface area contributed by atoms with Gasteiger partial charge in [-0.1, -0.05) is 17.7 Å². The van der Waals surface area contributed by atoms with Crippen molar-refractivity contribution in [1.82, 2.24) is 14.8 Å². The van der Waals surface area contributed by atoms with Crippen molar-refractivity contribution in [1.29, 1.82) is 0 Å². The maximum atomic E-state index is 9.53. The second-order valence-electron chi connectivity index (χ2n) is 5.69. The maximum Gasteiger partial charge on any atom is 0.196 e. The molecule has 110 valence electrons. The molecule has 0 bridgehead atoms. The number of hydrogen-bond donors (Lipinski definition) is 1. The molecule has 0 atom stereocenters. The zero-order valence-electron chi connectivity index (χ0n) is 11.5. The molecule has 0 saturated heterocycles. The van der Waals surface area contributed by atoms with Crippen LogP contribution in [0.2, 0.25) is 5.02 Å². The van der Waals surface area contributed by atoms with Gasteiger partial charge in [0.1, 0.15) is 5.82 Å². The zero-order valence-corrected chi connectivity index (χ0v) is 13.1. The minimum Gasteiger partial charge on any atom is -0.392 e. The van der Waals surface area contributed by atoms with E-state index in [4.69, 9.17) is 11.6 Å². The number of rotatable bonds is 5. The molecule has 2 aromatic rings. The second kappa shape index (κ2) is 5.30. The quantitative estimate of drug-likeness (QED) is 0.910. The van der Waals surface area contributed by atoms with Crippen LogP contribution in [-0.2, 0) is 6.61 Å². The molecule has 1 aromatic carbocycles. The van der Waals surface area contributed by atoms with Crippen molar-refractivity contribution >= 4 is 23.4 Å². The van der Waals surface area contributed by atoms with Gasteiger partial charge in [-0.05, 0) is 49.6 Å². The third kappa shape index (κ3) is 2.58. The van der Waals surface area contributed by atoms with Crippen LogP contribution in [0.1, 0.15) is 49.0 Å². The lowest BCUT2D eigenvalue weighted by Crippen LogP contribution is -2.02. The molecule has 4 nitrogen and oxygen atoms in total. The molecule has 0 unspecified atom stereocenters. The number of aromatic nitrogens is 3. The van der Waals surface area contributed by atoms with Crippen LogP contribution >= 0.6 is 23.4 Å². The fourth-order valence-electron chi connectivity index (χ4n) is 2.54. The van der Waals surface area contributed by atoms with Crippen LogP contribution < -0.4 is 0 Å². The largest absolute Gasteiger partial charge is 0.392 e. The van der Waals surface area contributed by atoms with E-state index in [1.165, 1.54) is 25.7 Å². The summed E-state index contributed by atoms with van der Waals surface area (Å²) in [7, 11) is 0. The average Bonchev–Trinajstić information content (AvgIpc) is 3.39. The molecule has 0 radical (unpaired) electrons. The molecule has 1 N–H and O–H groups in total. The first-order chi connectivity index (χ1) is 10.3. The number of benzene rings is 1. The molecule has 1 aromatic heterocycles. The van der Waals surface area contributed by atoms with Gasteiger partial charge in [0.2, 0.25) is 0 Å². The summed E-state index contributed by atoms with van der Waals surface area (Å²) < 4.78 is 2.31. The molecule has 1 heterocycles. The summed E-state index contributed by atoms with van der Waals surface area (Å²) in [5.74, 6) is 1.75. The Morgan fingerprint density at radius 3 is 2.71 bits per heavy atom. The maximum absolute atomic E-state index is 9.53. The standard InChI is InChI=1S/C15H16ClN3OS/c16-12-2-1-3-13(11(12)8-20)21-15-18-17-14(9-4-5-9)19(15)10-6-7-10/h1-3,9-10,20H,4-8H2. The molecule has 6 heteroatoms. The van der Waals surface area contributed by atoms with Gasteiger partial charge in [-0.15, -0.1) is 10.2 Å². The highest BCUT2D eigenvalue weighted by Gasteiger charge is 2.36. The zero-order chi connectivity index (χ0) is 14.4. The molecule has 0 aliphatic heterocycles. The molecular formula is C15H16ClN3OS. The van der Waals surface area contributed by atoms with Crippen LogP contribution in [0.4, 0.5) is 0 Å². The number of halogens is 1. The van der Waals surface area contributed by atoms with Crippen LogP contribution in [0.5, 0.6) is 0 Å². The number of nitrogens with zero attached hydrogens (tertiary/aromatic N) is 3. The third-order valence-corrected chi connectivity index (χ3v) is 5.40. The third-order valence-electron chi connectivity index (χ3n) is 3.98. The molecule has 0 amide bonds. The van der Waals surface area contributed by atoms with E-state index in [1.807, 2.05) is 12.1 Å². The van der Waals surface area contributed by atoms with Crippen LogP contribution in [0.25, 0.3) is 0 Å². The summed E-state index contributed by atoms with van der Waals surface area (Å²) in [4.78, 5) is 0.960. The van der Waals surface area contributed by atoms with Gasteiger partial charge in [-0.3, -0.25) is 0 Å². The Labute approximate surface area is 132 Å². The Morgan fingerprint density at radius 2 is 2.05 bits per heavy atom. The monoisotopic (exact) mass is 321 g/mol. The van der Waals surface area contributed by atoms with E-state index in [1.54, 1.807) is 17.8 Å². The van der Waals surface area contributed by atoms with Crippen molar-refractivity contribution in [2.45, 2.75) is 54.3 Å². The molecule has 2 saturated carbocycles. The van der Waals surface area contributed by atoms with E-state index in [9.17, 15) is 5.11 Å². The van der Waals surface area contributed by atoms with Gasteiger partial charge in [0.25, 0.3) is 0 Å². The van der Waals surface area contributed by atoms with Crippen LogP contribution in [0, 0.1) is 0 Å². The van der Waals surface area contributed by atoms with Crippen molar-refractivity contribution in [2.24, 2.45) is 0 Å². The van der Waals surface area contributed by atoms with Crippen molar-refractivity contribution < 1.29 is 5.11 Å². The van der Waals surface area contributed by atoms with E-state index in [2.05, 4.69) is 14.8 Å². The lowest BCUT2D eigenvalue weighted by Gasteiger charge is -2.10. The van der Waals surface area contributed by atoms with Crippen molar-refractivity contribution in [3.63, 3.8) is 0 Å².